The smallest absolute Gasteiger partial charge is 0.126 e. The molecule has 0 heterocycles. The fraction of sp³-hybridized carbons (Fsp3) is 0.105. The summed E-state index contributed by atoms with van der Waals surface area (Å²) in [5, 5.41) is 11.7. The van der Waals surface area contributed by atoms with Crippen LogP contribution in [0.4, 0.5) is 0 Å². The molecule has 0 saturated heterocycles. The summed E-state index contributed by atoms with van der Waals surface area (Å²) >= 11 is 0. The van der Waals surface area contributed by atoms with E-state index in [-0.39, 0.29) is 5.92 Å². The lowest BCUT2D eigenvalue weighted by Crippen LogP contribution is -2.00. The molecule has 0 aliphatic carbocycles. The number of fused-ring (bicyclic) bond motifs is 1. The molecule has 1 unspecified atom stereocenters. The fourth-order valence-corrected chi connectivity index (χ4v) is 2.69. The SMILES string of the molecule is COc1ccc(C(C#N)c2ccccc2)c2ccccc12. The Kier molecular flexibility index (Phi) is 3.57. The van der Waals surface area contributed by atoms with E-state index >= 15 is 0 Å². The van der Waals surface area contributed by atoms with Crippen molar-refractivity contribution in [2.45, 2.75) is 5.92 Å². The van der Waals surface area contributed by atoms with Crippen LogP contribution in [0.2, 0.25) is 0 Å². The first-order valence-corrected chi connectivity index (χ1v) is 6.85. The van der Waals surface area contributed by atoms with E-state index in [1.807, 2.05) is 66.7 Å². The normalized spacial score (nSPS) is 11.8. The summed E-state index contributed by atoms with van der Waals surface area (Å²) in [7, 11) is 1.67. The topological polar surface area (TPSA) is 33.0 Å². The molecule has 21 heavy (non-hydrogen) atoms. The third kappa shape index (κ3) is 2.34. The lowest BCUT2D eigenvalue weighted by Gasteiger charge is -2.15. The maximum Gasteiger partial charge on any atom is 0.126 e. The van der Waals surface area contributed by atoms with Crippen molar-refractivity contribution in [3.05, 3.63) is 77.9 Å². The van der Waals surface area contributed by atoms with Gasteiger partial charge in [0.05, 0.1) is 19.1 Å². The van der Waals surface area contributed by atoms with Crippen molar-refractivity contribution in [3.63, 3.8) is 0 Å². The molecule has 3 aromatic rings. The van der Waals surface area contributed by atoms with Gasteiger partial charge in [-0.05, 0) is 22.6 Å². The molecule has 0 aliphatic rings. The summed E-state index contributed by atoms with van der Waals surface area (Å²) in [6, 6.07) is 24.3. The predicted octanol–water partition coefficient (Wildman–Crippen LogP) is 4.50. The van der Waals surface area contributed by atoms with Crippen LogP contribution < -0.4 is 4.74 Å². The second kappa shape index (κ2) is 5.68. The largest absolute Gasteiger partial charge is 0.496 e. The number of nitriles is 1. The van der Waals surface area contributed by atoms with E-state index in [0.29, 0.717) is 0 Å². The van der Waals surface area contributed by atoms with Crippen LogP contribution in [0.3, 0.4) is 0 Å². The molecule has 0 spiro atoms. The fourth-order valence-electron chi connectivity index (χ4n) is 2.69. The monoisotopic (exact) mass is 273 g/mol. The van der Waals surface area contributed by atoms with Crippen molar-refractivity contribution in [3.8, 4) is 11.8 Å². The van der Waals surface area contributed by atoms with Gasteiger partial charge in [-0.1, -0.05) is 60.7 Å². The minimum Gasteiger partial charge on any atom is -0.496 e. The first-order valence-electron chi connectivity index (χ1n) is 6.85. The van der Waals surface area contributed by atoms with E-state index in [9.17, 15) is 5.26 Å². The van der Waals surface area contributed by atoms with Gasteiger partial charge in [0.1, 0.15) is 5.75 Å². The molecule has 0 amide bonds. The third-order valence-electron chi connectivity index (χ3n) is 3.71. The molecular weight excluding hydrogens is 258 g/mol. The van der Waals surface area contributed by atoms with E-state index in [2.05, 4.69) is 6.07 Å². The van der Waals surface area contributed by atoms with Crippen LogP contribution in [0.1, 0.15) is 17.0 Å². The Morgan fingerprint density at radius 1 is 0.857 bits per heavy atom. The van der Waals surface area contributed by atoms with Crippen molar-refractivity contribution in [1.82, 2.24) is 0 Å². The van der Waals surface area contributed by atoms with Gasteiger partial charge in [0.25, 0.3) is 0 Å². The Bertz CT molecular complexity index is 803. The average molecular weight is 273 g/mol. The molecule has 3 aromatic carbocycles. The average Bonchev–Trinajstić information content (AvgIpc) is 2.56. The van der Waals surface area contributed by atoms with Crippen molar-refractivity contribution in [2.24, 2.45) is 0 Å². The molecule has 0 bridgehead atoms. The number of methoxy groups -OCH3 is 1. The Balaban J connectivity index is 2.23. The van der Waals surface area contributed by atoms with E-state index in [1.165, 1.54) is 0 Å². The van der Waals surface area contributed by atoms with Gasteiger partial charge in [-0.2, -0.15) is 5.26 Å². The molecule has 0 saturated carbocycles. The molecule has 0 radical (unpaired) electrons. The van der Waals surface area contributed by atoms with E-state index in [1.54, 1.807) is 7.11 Å². The highest BCUT2D eigenvalue weighted by molar-refractivity contribution is 5.92. The first kappa shape index (κ1) is 13.2. The van der Waals surface area contributed by atoms with Crippen LogP contribution in [0, 0.1) is 11.3 Å². The molecule has 102 valence electrons. The Morgan fingerprint density at radius 3 is 2.19 bits per heavy atom. The molecule has 3 rings (SSSR count). The Morgan fingerprint density at radius 2 is 1.52 bits per heavy atom. The Labute approximate surface area is 124 Å². The Hall–Kier alpha value is -2.79. The maximum atomic E-state index is 9.64. The molecule has 0 aliphatic heterocycles. The number of ether oxygens (including phenoxy) is 1. The number of hydrogen-bond acceptors (Lipinski definition) is 2. The highest BCUT2D eigenvalue weighted by atomic mass is 16.5. The minimum absolute atomic E-state index is 0.276. The summed E-state index contributed by atoms with van der Waals surface area (Å²) < 4.78 is 5.42. The van der Waals surface area contributed by atoms with Gasteiger partial charge in [0, 0.05) is 5.39 Å². The van der Waals surface area contributed by atoms with Crippen molar-refractivity contribution in [2.75, 3.05) is 7.11 Å². The van der Waals surface area contributed by atoms with Gasteiger partial charge >= 0.3 is 0 Å². The molecule has 1 atom stereocenters. The molecule has 0 N–H and O–H groups in total. The zero-order chi connectivity index (χ0) is 14.7. The van der Waals surface area contributed by atoms with Gasteiger partial charge in [-0.3, -0.25) is 0 Å². The third-order valence-corrected chi connectivity index (χ3v) is 3.71. The molecule has 0 fully saturated rings. The minimum atomic E-state index is -0.276. The maximum absolute atomic E-state index is 9.64. The summed E-state index contributed by atoms with van der Waals surface area (Å²) in [5.74, 6) is 0.557. The summed E-state index contributed by atoms with van der Waals surface area (Å²) in [4.78, 5) is 0. The summed E-state index contributed by atoms with van der Waals surface area (Å²) in [6.45, 7) is 0. The van der Waals surface area contributed by atoms with Gasteiger partial charge in [-0.25, -0.2) is 0 Å². The molecule has 2 nitrogen and oxygen atoms in total. The van der Waals surface area contributed by atoms with Crippen molar-refractivity contribution in [1.29, 1.82) is 5.26 Å². The zero-order valence-corrected chi connectivity index (χ0v) is 11.8. The van der Waals surface area contributed by atoms with E-state index < -0.39 is 0 Å². The summed E-state index contributed by atoms with van der Waals surface area (Å²) in [5.41, 5.74) is 2.02. The van der Waals surface area contributed by atoms with Gasteiger partial charge in [-0.15, -0.1) is 0 Å². The zero-order valence-electron chi connectivity index (χ0n) is 11.8. The number of hydrogen-bond donors (Lipinski definition) is 0. The molecule has 0 aromatic heterocycles. The number of nitrogens with zero attached hydrogens (tertiary/aromatic N) is 1. The lowest BCUT2D eigenvalue weighted by atomic mass is 9.89. The summed E-state index contributed by atoms with van der Waals surface area (Å²) in [6.07, 6.45) is 0. The van der Waals surface area contributed by atoms with Crippen LogP contribution in [-0.2, 0) is 0 Å². The second-order valence-electron chi connectivity index (χ2n) is 4.88. The van der Waals surface area contributed by atoms with Crippen LogP contribution in [0.25, 0.3) is 10.8 Å². The number of benzene rings is 3. The molecular formula is C19H15NO. The van der Waals surface area contributed by atoms with Gasteiger partial charge in [0.2, 0.25) is 0 Å². The van der Waals surface area contributed by atoms with Crippen LogP contribution >= 0.6 is 0 Å². The van der Waals surface area contributed by atoms with Gasteiger partial charge in [0.15, 0.2) is 0 Å². The van der Waals surface area contributed by atoms with E-state index in [0.717, 1.165) is 27.6 Å². The van der Waals surface area contributed by atoms with Crippen LogP contribution in [0.15, 0.2) is 66.7 Å². The van der Waals surface area contributed by atoms with Gasteiger partial charge < -0.3 is 4.74 Å². The highest BCUT2D eigenvalue weighted by Gasteiger charge is 2.17. The molecule has 2 heteroatoms. The van der Waals surface area contributed by atoms with E-state index in [4.69, 9.17) is 4.74 Å². The second-order valence-corrected chi connectivity index (χ2v) is 4.88. The van der Waals surface area contributed by atoms with Crippen LogP contribution in [0.5, 0.6) is 5.75 Å². The highest BCUT2D eigenvalue weighted by Crippen LogP contribution is 2.34. The predicted molar refractivity (Wildman–Crippen MR) is 84.4 cm³/mol. The lowest BCUT2D eigenvalue weighted by molar-refractivity contribution is 0.419. The number of rotatable bonds is 3. The first-order chi connectivity index (χ1) is 10.3. The van der Waals surface area contributed by atoms with Crippen molar-refractivity contribution < 1.29 is 4.74 Å². The quantitative estimate of drug-likeness (QED) is 0.703. The van der Waals surface area contributed by atoms with Crippen LogP contribution in [-0.4, -0.2) is 7.11 Å². The van der Waals surface area contributed by atoms with Crippen molar-refractivity contribution >= 4 is 10.8 Å². The standard InChI is InChI=1S/C19H15NO/c1-21-19-12-11-16(15-9-5-6-10-17(15)19)18(13-20)14-7-3-2-4-8-14/h2-12,18H,1H3.